The van der Waals surface area contributed by atoms with Gasteiger partial charge in [-0.05, 0) is 17.7 Å². The molecule has 1 saturated heterocycles. The van der Waals surface area contributed by atoms with Gasteiger partial charge >= 0.3 is 0 Å². The molecule has 1 aliphatic rings. The first-order valence-corrected chi connectivity index (χ1v) is 4.62. The van der Waals surface area contributed by atoms with E-state index in [1.807, 2.05) is 18.2 Å². The minimum atomic E-state index is 0.253. The number of rotatable bonds is 4. The van der Waals surface area contributed by atoms with Crippen LogP contribution in [0.2, 0.25) is 0 Å². The van der Waals surface area contributed by atoms with Crippen molar-refractivity contribution >= 4 is 5.69 Å². The molecule has 0 radical (unpaired) electrons. The Kier molecular flexibility index (Phi) is 2.56. The number of anilines is 1. The Morgan fingerprint density at radius 2 is 2.29 bits per heavy atom. The molecule has 1 fully saturated rings. The van der Waals surface area contributed by atoms with Crippen LogP contribution in [0, 0.1) is 0 Å². The summed E-state index contributed by atoms with van der Waals surface area (Å²) in [6, 6.07) is 5.60. The lowest BCUT2D eigenvalue weighted by atomic mass is 10.2. The molecule has 1 heterocycles. The van der Waals surface area contributed by atoms with Crippen LogP contribution in [0.5, 0.6) is 5.75 Å². The summed E-state index contributed by atoms with van der Waals surface area (Å²) in [4.78, 5) is 0. The smallest absolute Gasteiger partial charge is 0.142 e. The second-order valence-electron chi connectivity index (χ2n) is 3.34. The molecule has 0 saturated carbocycles. The highest BCUT2D eigenvalue weighted by molar-refractivity contribution is 5.54. The number of ether oxygens (including phenoxy) is 2. The van der Waals surface area contributed by atoms with Gasteiger partial charge in [-0.25, -0.2) is 0 Å². The van der Waals surface area contributed by atoms with Gasteiger partial charge in [0.2, 0.25) is 0 Å². The molecule has 4 nitrogen and oxygen atoms in total. The molecular weight excluding hydrogens is 180 g/mol. The Balaban J connectivity index is 2.01. The second kappa shape index (κ2) is 3.86. The number of nitrogens with two attached hydrogens (primary N) is 2. The molecule has 1 aromatic rings. The van der Waals surface area contributed by atoms with E-state index >= 15 is 0 Å². The van der Waals surface area contributed by atoms with Crippen molar-refractivity contribution in [3.05, 3.63) is 23.8 Å². The monoisotopic (exact) mass is 194 g/mol. The summed E-state index contributed by atoms with van der Waals surface area (Å²) in [6.45, 7) is 1.86. The van der Waals surface area contributed by atoms with Crippen LogP contribution in [0.1, 0.15) is 5.56 Å². The van der Waals surface area contributed by atoms with Crippen molar-refractivity contribution in [3.63, 3.8) is 0 Å². The first-order chi connectivity index (χ1) is 6.79. The summed E-state index contributed by atoms with van der Waals surface area (Å²) in [5.74, 6) is 0.706. The maximum atomic E-state index is 5.78. The highest BCUT2D eigenvalue weighted by atomic mass is 16.6. The predicted octanol–water partition coefficient (Wildman–Crippen LogP) is 0.505. The molecule has 0 aliphatic carbocycles. The lowest BCUT2D eigenvalue weighted by Gasteiger charge is -2.08. The third-order valence-corrected chi connectivity index (χ3v) is 2.14. The zero-order valence-electron chi connectivity index (χ0n) is 7.90. The van der Waals surface area contributed by atoms with Gasteiger partial charge in [0.05, 0.1) is 12.3 Å². The van der Waals surface area contributed by atoms with Crippen LogP contribution in [0.25, 0.3) is 0 Å². The SMILES string of the molecule is NCc1ccc(OCC2CO2)c(N)c1. The van der Waals surface area contributed by atoms with Crippen molar-refractivity contribution < 1.29 is 9.47 Å². The highest BCUT2D eigenvalue weighted by Crippen LogP contribution is 2.23. The third kappa shape index (κ3) is 2.16. The molecule has 1 aliphatic heterocycles. The van der Waals surface area contributed by atoms with E-state index in [4.69, 9.17) is 20.9 Å². The fourth-order valence-electron chi connectivity index (χ4n) is 1.20. The lowest BCUT2D eigenvalue weighted by Crippen LogP contribution is -2.06. The van der Waals surface area contributed by atoms with E-state index in [1.165, 1.54) is 0 Å². The van der Waals surface area contributed by atoms with Crippen LogP contribution >= 0.6 is 0 Å². The summed E-state index contributed by atoms with van der Waals surface area (Å²) in [5.41, 5.74) is 12.9. The first-order valence-electron chi connectivity index (χ1n) is 4.62. The van der Waals surface area contributed by atoms with Gasteiger partial charge in [0.15, 0.2) is 0 Å². The van der Waals surface area contributed by atoms with Gasteiger partial charge < -0.3 is 20.9 Å². The van der Waals surface area contributed by atoms with E-state index in [0.29, 0.717) is 24.6 Å². The third-order valence-electron chi connectivity index (χ3n) is 2.14. The van der Waals surface area contributed by atoms with Crippen molar-refractivity contribution in [2.24, 2.45) is 5.73 Å². The van der Waals surface area contributed by atoms with Crippen LogP contribution in [-0.2, 0) is 11.3 Å². The van der Waals surface area contributed by atoms with Crippen molar-refractivity contribution in [1.82, 2.24) is 0 Å². The summed E-state index contributed by atoms with van der Waals surface area (Å²) in [7, 11) is 0. The molecular formula is C10H14N2O2. The van der Waals surface area contributed by atoms with Gasteiger partial charge in [-0.1, -0.05) is 6.07 Å². The zero-order chi connectivity index (χ0) is 9.97. The van der Waals surface area contributed by atoms with E-state index in [1.54, 1.807) is 0 Å². The fraction of sp³-hybridized carbons (Fsp3) is 0.400. The maximum Gasteiger partial charge on any atom is 0.142 e. The van der Waals surface area contributed by atoms with E-state index in [2.05, 4.69) is 0 Å². The Morgan fingerprint density at radius 1 is 1.50 bits per heavy atom. The van der Waals surface area contributed by atoms with E-state index in [9.17, 15) is 0 Å². The van der Waals surface area contributed by atoms with Crippen LogP contribution in [0.4, 0.5) is 5.69 Å². The van der Waals surface area contributed by atoms with E-state index in [-0.39, 0.29) is 6.10 Å². The van der Waals surface area contributed by atoms with Gasteiger partial charge in [0, 0.05) is 6.54 Å². The number of hydrogen-bond acceptors (Lipinski definition) is 4. The Hall–Kier alpha value is -1.26. The largest absolute Gasteiger partial charge is 0.489 e. The van der Waals surface area contributed by atoms with E-state index in [0.717, 1.165) is 12.2 Å². The molecule has 2 rings (SSSR count). The van der Waals surface area contributed by atoms with Gasteiger partial charge in [0.1, 0.15) is 18.5 Å². The van der Waals surface area contributed by atoms with Crippen molar-refractivity contribution in [1.29, 1.82) is 0 Å². The molecule has 1 aromatic carbocycles. The molecule has 1 atom stereocenters. The van der Waals surface area contributed by atoms with Gasteiger partial charge in [-0.15, -0.1) is 0 Å². The average Bonchev–Trinajstić information content (AvgIpc) is 2.99. The zero-order valence-corrected chi connectivity index (χ0v) is 7.90. The lowest BCUT2D eigenvalue weighted by molar-refractivity contribution is 0.264. The number of epoxide rings is 1. The molecule has 14 heavy (non-hydrogen) atoms. The normalized spacial score (nSPS) is 19.4. The second-order valence-corrected chi connectivity index (χ2v) is 3.34. The Morgan fingerprint density at radius 3 is 2.86 bits per heavy atom. The highest BCUT2D eigenvalue weighted by Gasteiger charge is 2.23. The van der Waals surface area contributed by atoms with Crippen molar-refractivity contribution in [2.75, 3.05) is 18.9 Å². The first kappa shape index (κ1) is 9.30. The summed E-state index contributed by atoms with van der Waals surface area (Å²) in [6.07, 6.45) is 0.253. The molecule has 0 bridgehead atoms. The van der Waals surface area contributed by atoms with Gasteiger partial charge in [-0.2, -0.15) is 0 Å². The standard InChI is InChI=1S/C10H14N2O2/c11-4-7-1-2-10(9(12)3-7)14-6-8-5-13-8/h1-3,8H,4-6,11-12H2. The van der Waals surface area contributed by atoms with Gasteiger partial charge in [-0.3, -0.25) is 0 Å². The van der Waals surface area contributed by atoms with Crippen LogP contribution in [0.3, 0.4) is 0 Å². The predicted molar refractivity (Wildman–Crippen MR) is 54.0 cm³/mol. The van der Waals surface area contributed by atoms with Gasteiger partial charge in [0.25, 0.3) is 0 Å². The maximum absolute atomic E-state index is 5.78. The van der Waals surface area contributed by atoms with Crippen LogP contribution in [-0.4, -0.2) is 19.3 Å². The van der Waals surface area contributed by atoms with Crippen molar-refractivity contribution in [3.8, 4) is 5.75 Å². The molecule has 0 spiro atoms. The topological polar surface area (TPSA) is 73.8 Å². The molecule has 1 unspecified atom stereocenters. The quantitative estimate of drug-likeness (QED) is 0.541. The number of nitrogen functional groups attached to an aromatic ring is 1. The van der Waals surface area contributed by atoms with E-state index < -0.39 is 0 Å². The molecule has 4 heteroatoms. The summed E-state index contributed by atoms with van der Waals surface area (Å²) >= 11 is 0. The van der Waals surface area contributed by atoms with Crippen molar-refractivity contribution in [2.45, 2.75) is 12.6 Å². The van der Waals surface area contributed by atoms with Crippen LogP contribution < -0.4 is 16.2 Å². The van der Waals surface area contributed by atoms with Crippen LogP contribution in [0.15, 0.2) is 18.2 Å². The fourth-order valence-corrected chi connectivity index (χ4v) is 1.20. The summed E-state index contributed by atoms with van der Waals surface area (Å²) in [5, 5.41) is 0. The molecule has 4 N–H and O–H groups in total. The molecule has 76 valence electrons. The summed E-state index contributed by atoms with van der Waals surface area (Å²) < 4.78 is 10.5. The minimum Gasteiger partial charge on any atom is -0.489 e. The molecule has 0 amide bonds. The number of hydrogen-bond donors (Lipinski definition) is 2. The number of benzene rings is 1. The molecule has 0 aromatic heterocycles. The minimum absolute atomic E-state index is 0.253. The Labute approximate surface area is 82.8 Å². The Bertz CT molecular complexity index is 324. The average molecular weight is 194 g/mol.